The van der Waals surface area contributed by atoms with Crippen LogP contribution >= 0.6 is 0 Å². The molecule has 4 nitrogen and oxygen atoms in total. The van der Waals surface area contributed by atoms with Crippen LogP contribution in [0.2, 0.25) is 0 Å². The van der Waals surface area contributed by atoms with Crippen molar-refractivity contribution in [3.05, 3.63) is 16.9 Å². The number of hydrogen-bond acceptors (Lipinski definition) is 4. The quantitative estimate of drug-likeness (QED) is 0.589. The fourth-order valence-electron chi connectivity index (χ4n) is 7.23. The Balaban J connectivity index is 1.57. The molecule has 4 aliphatic rings. The second-order valence-corrected chi connectivity index (χ2v) is 9.58. The van der Waals surface area contributed by atoms with Crippen molar-refractivity contribution >= 4 is 0 Å². The Morgan fingerprint density at radius 3 is 2.62 bits per heavy atom. The highest BCUT2D eigenvalue weighted by Crippen LogP contribution is 2.65. The second kappa shape index (κ2) is 5.80. The molecule has 0 amide bonds. The largest absolute Gasteiger partial charge is 0.762 e. The summed E-state index contributed by atoms with van der Waals surface area (Å²) in [4.78, 5) is 0. The maximum absolute atomic E-state index is 11.0. The molecule has 0 heterocycles. The summed E-state index contributed by atoms with van der Waals surface area (Å²) >= 11 is 0. The lowest BCUT2D eigenvalue weighted by Gasteiger charge is -2.60. The summed E-state index contributed by atoms with van der Waals surface area (Å²) in [5.41, 5.74) is 1.61. The van der Waals surface area contributed by atoms with Gasteiger partial charge in [-0.05, 0) is 85.9 Å². The number of nitrogens with zero attached hydrogens (tertiary/aromatic N) is 1. The van der Waals surface area contributed by atoms with Gasteiger partial charge >= 0.3 is 0 Å². The zero-order valence-electron chi connectivity index (χ0n) is 15.1. The minimum Gasteiger partial charge on any atom is -0.762 e. The summed E-state index contributed by atoms with van der Waals surface area (Å²) in [5, 5.41) is 30.6. The average molecular weight is 334 g/mol. The number of aliphatic hydroxyl groups excluding tert-OH is 1. The molecule has 0 aromatic carbocycles. The van der Waals surface area contributed by atoms with Crippen LogP contribution in [0.1, 0.15) is 65.2 Å². The van der Waals surface area contributed by atoms with E-state index in [2.05, 4.69) is 19.9 Å². The molecule has 0 bridgehead atoms. The van der Waals surface area contributed by atoms with Gasteiger partial charge in [-0.25, -0.2) is 0 Å². The SMILES string of the molecule is C[C@]12CC=C(CN([O-])O)C[C@@H]1CC[C@@H]1[C@H]2CC[C@]2(C)[C@@H](O)CC[C@@H]12. The van der Waals surface area contributed by atoms with E-state index in [1.54, 1.807) is 0 Å². The number of rotatable bonds is 2. The molecule has 7 atom stereocenters. The first kappa shape index (κ1) is 17.0. The van der Waals surface area contributed by atoms with Crippen molar-refractivity contribution in [2.75, 3.05) is 6.54 Å². The monoisotopic (exact) mass is 334 g/mol. The fraction of sp³-hybridized carbons (Fsp3) is 0.900. The zero-order chi connectivity index (χ0) is 17.1. The Morgan fingerprint density at radius 1 is 1.12 bits per heavy atom. The minimum absolute atomic E-state index is 0.0755. The molecule has 4 heteroatoms. The fourth-order valence-corrected chi connectivity index (χ4v) is 7.23. The van der Waals surface area contributed by atoms with E-state index in [1.807, 2.05) is 0 Å². The lowest BCUT2D eigenvalue weighted by molar-refractivity contribution is -0.110. The molecular formula is C20H32NO3-. The van der Waals surface area contributed by atoms with Crippen LogP contribution in [0, 0.1) is 39.7 Å². The first-order valence-electron chi connectivity index (χ1n) is 9.84. The molecule has 0 aromatic heterocycles. The van der Waals surface area contributed by atoms with Gasteiger partial charge in [0, 0.05) is 6.54 Å². The summed E-state index contributed by atoms with van der Waals surface area (Å²) in [6.45, 7) is 4.96. The molecule has 3 fully saturated rings. The number of fused-ring (bicyclic) bond motifs is 5. The first-order valence-corrected chi connectivity index (χ1v) is 9.84. The third-order valence-electron chi connectivity index (χ3n) is 8.69. The predicted octanol–water partition coefficient (Wildman–Crippen LogP) is 4.12. The maximum Gasteiger partial charge on any atom is 0.0596 e. The van der Waals surface area contributed by atoms with E-state index >= 15 is 0 Å². The van der Waals surface area contributed by atoms with Crippen LogP contribution in [0.4, 0.5) is 0 Å². The number of hydroxylamine groups is 2. The van der Waals surface area contributed by atoms with Gasteiger partial charge < -0.3 is 15.5 Å². The van der Waals surface area contributed by atoms with Gasteiger partial charge in [0.25, 0.3) is 0 Å². The van der Waals surface area contributed by atoms with Crippen molar-refractivity contribution in [1.29, 1.82) is 0 Å². The van der Waals surface area contributed by atoms with Gasteiger partial charge in [-0.15, -0.1) is 0 Å². The van der Waals surface area contributed by atoms with Gasteiger partial charge in [-0.1, -0.05) is 25.5 Å². The van der Waals surface area contributed by atoms with Gasteiger partial charge in [0.2, 0.25) is 0 Å². The van der Waals surface area contributed by atoms with E-state index in [9.17, 15) is 10.3 Å². The third-order valence-corrected chi connectivity index (χ3v) is 8.69. The van der Waals surface area contributed by atoms with E-state index in [0.29, 0.717) is 17.3 Å². The minimum atomic E-state index is -0.0978. The van der Waals surface area contributed by atoms with E-state index in [-0.39, 0.29) is 23.3 Å². The Hall–Kier alpha value is -0.420. The van der Waals surface area contributed by atoms with Gasteiger partial charge in [-0.2, -0.15) is 0 Å². The van der Waals surface area contributed by atoms with Crippen molar-refractivity contribution < 1.29 is 10.3 Å². The van der Waals surface area contributed by atoms with Crippen LogP contribution in [0.5, 0.6) is 0 Å². The summed E-state index contributed by atoms with van der Waals surface area (Å²) in [5.74, 6) is 2.87. The third kappa shape index (κ3) is 2.41. The van der Waals surface area contributed by atoms with Crippen LogP contribution < -0.4 is 0 Å². The lowest BCUT2D eigenvalue weighted by atomic mass is 9.45. The molecule has 4 rings (SSSR count). The summed E-state index contributed by atoms with van der Waals surface area (Å²) in [6.07, 6.45) is 11.3. The molecule has 0 unspecified atom stereocenters. The van der Waals surface area contributed by atoms with Crippen molar-refractivity contribution in [2.45, 2.75) is 71.3 Å². The Morgan fingerprint density at radius 2 is 1.88 bits per heavy atom. The molecule has 2 N–H and O–H groups in total. The van der Waals surface area contributed by atoms with E-state index in [4.69, 9.17) is 5.21 Å². The van der Waals surface area contributed by atoms with Crippen LogP contribution in [0.15, 0.2) is 11.6 Å². The Bertz CT molecular complexity index is 533. The highest BCUT2D eigenvalue weighted by molar-refractivity contribution is 5.18. The van der Waals surface area contributed by atoms with Crippen LogP contribution in [0.3, 0.4) is 0 Å². The summed E-state index contributed by atoms with van der Waals surface area (Å²) in [6, 6.07) is 0. The van der Waals surface area contributed by atoms with Crippen molar-refractivity contribution in [3.63, 3.8) is 0 Å². The van der Waals surface area contributed by atoms with Gasteiger partial charge in [-0.3, -0.25) is 5.23 Å². The van der Waals surface area contributed by atoms with Crippen LogP contribution in [-0.2, 0) is 0 Å². The van der Waals surface area contributed by atoms with E-state index < -0.39 is 0 Å². The Labute approximate surface area is 145 Å². The highest BCUT2D eigenvalue weighted by Gasteiger charge is 2.59. The van der Waals surface area contributed by atoms with Crippen molar-refractivity contribution in [1.82, 2.24) is 5.23 Å². The molecule has 0 saturated heterocycles. The average Bonchev–Trinajstić information content (AvgIpc) is 2.83. The van der Waals surface area contributed by atoms with Crippen molar-refractivity contribution in [2.24, 2.45) is 34.5 Å². The molecular weight excluding hydrogens is 302 g/mol. The second-order valence-electron chi connectivity index (χ2n) is 9.58. The standard InChI is InChI=1S/C20H32NO3/c1-19-9-7-13(12-21(23)24)11-14(19)3-4-15-16-5-6-18(22)20(16,2)10-8-17(15)19/h7,14-18,22-23H,3-6,8-12H2,1-2H3/q-1/t14-,15-,16-,17+,18-,19-,20-/m0/s1. The molecule has 0 radical (unpaired) electrons. The molecule has 24 heavy (non-hydrogen) atoms. The van der Waals surface area contributed by atoms with Gasteiger partial charge in [0.1, 0.15) is 0 Å². The van der Waals surface area contributed by atoms with Crippen LogP contribution in [0.25, 0.3) is 0 Å². The van der Waals surface area contributed by atoms with Crippen molar-refractivity contribution in [3.8, 4) is 0 Å². The molecule has 0 aliphatic heterocycles. The zero-order valence-corrected chi connectivity index (χ0v) is 15.1. The number of allylic oxidation sites excluding steroid dienone is 1. The van der Waals surface area contributed by atoms with Crippen LogP contribution in [-0.4, -0.2) is 28.2 Å². The molecule has 0 aromatic rings. The normalized spacial score (nSPS) is 50.9. The smallest absolute Gasteiger partial charge is 0.0596 e. The molecule has 4 aliphatic carbocycles. The summed E-state index contributed by atoms with van der Waals surface area (Å²) < 4.78 is 0. The Kier molecular flexibility index (Phi) is 4.11. The molecule has 3 saturated carbocycles. The van der Waals surface area contributed by atoms with Gasteiger partial charge in [0.15, 0.2) is 0 Å². The first-order chi connectivity index (χ1) is 11.3. The highest BCUT2D eigenvalue weighted by atomic mass is 16.8. The van der Waals surface area contributed by atoms with Gasteiger partial charge in [0.05, 0.1) is 6.10 Å². The molecule has 136 valence electrons. The van der Waals surface area contributed by atoms with E-state index in [0.717, 1.165) is 36.7 Å². The topological polar surface area (TPSA) is 66.8 Å². The molecule has 0 spiro atoms. The number of aliphatic hydroxyl groups is 1. The number of hydrogen-bond donors (Lipinski definition) is 2. The van der Waals surface area contributed by atoms with E-state index in [1.165, 1.54) is 32.1 Å². The lowest BCUT2D eigenvalue weighted by Crippen LogP contribution is -2.53. The maximum atomic E-state index is 11.0. The predicted molar refractivity (Wildman–Crippen MR) is 93.1 cm³/mol. The summed E-state index contributed by atoms with van der Waals surface area (Å²) in [7, 11) is 0.